The fourth-order valence-corrected chi connectivity index (χ4v) is 3.89. The molecule has 0 bridgehead atoms. The zero-order chi connectivity index (χ0) is 14.9. The Morgan fingerprint density at radius 2 is 2.15 bits per heavy atom. The van der Waals surface area contributed by atoms with E-state index in [2.05, 4.69) is 0 Å². The number of benzene rings is 1. The second kappa shape index (κ2) is 5.41. The third-order valence-corrected chi connectivity index (χ3v) is 5.37. The van der Waals surface area contributed by atoms with Crippen molar-refractivity contribution in [1.82, 2.24) is 4.31 Å². The monoisotopic (exact) mass is 299 g/mol. The minimum atomic E-state index is -3.64. The number of carbonyl (C=O) groups is 1. The van der Waals surface area contributed by atoms with Crippen LogP contribution in [-0.4, -0.2) is 44.0 Å². The Labute approximate surface area is 118 Å². The first-order valence-electron chi connectivity index (χ1n) is 6.24. The quantitative estimate of drug-likeness (QED) is 0.900. The Balaban J connectivity index is 2.27. The smallest absolute Gasteiger partial charge is 0.307 e. The second-order valence-electron chi connectivity index (χ2n) is 4.82. The van der Waals surface area contributed by atoms with Gasteiger partial charge in [0.1, 0.15) is 5.75 Å². The van der Waals surface area contributed by atoms with Crippen molar-refractivity contribution >= 4 is 16.0 Å². The standard InChI is InChI=1S/C13H17NO5S/c1-9-7-11(3-4-12(9)19-2)20(17,18)14-6-5-10(8-14)13(15)16/h3-4,7,10H,5-6,8H2,1-2H3,(H,15,16)/t10-/m0/s1. The molecular formula is C13H17NO5S. The van der Waals surface area contributed by atoms with Gasteiger partial charge in [-0.3, -0.25) is 4.79 Å². The molecule has 1 aliphatic rings. The SMILES string of the molecule is COc1ccc(S(=O)(=O)N2CC[C@H](C(=O)O)C2)cc1C. The van der Waals surface area contributed by atoms with Crippen molar-refractivity contribution in [2.24, 2.45) is 5.92 Å². The fourth-order valence-electron chi connectivity index (χ4n) is 2.31. The molecule has 0 aliphatic carbocycles. The Morgan fingerprint density at radius 1 is 1.45 bits per heavy atom. The number of aliphatic carboxylic acids is 1. The number of methoxy groups -OCH3 is 1. The van der Waals surface area contributed by atoms with Crippen LogP contribution in [0.25, 0.3) is 0 Å². The molecule has 1 aromatic rings. The maximum Gasteiger partial charge on any atom is 0.307 e. The summed E-state index contributed by atoms with van der Waals surface area (Å²) in [4.78, 5) is 11.1. The molecule has 1 fully saturated rings. The van der Waals surface area contributed by atoms with Crippen molar-refractivity contribution in [2.45, 2.75) is 18.2 Å². The number of rotatable bonds is 4. The van der Waals surface area contributed by atoms with Gasteiger partial charge in [-0.05, 0) is 37.1 Å². The van der Waals surface area contributed by atoms with E-state index in [9.17, 15) is 13.2 Å². The van der Waals surface area contributed by atoms with Crippen molar-refractivity contribution in [3.05, 3.63) is 23.8 Å². The summed E-state index contributed by atoms with van der Waals surface area (Å²) in [5.74, 6) is -0.952. The molecule has 20 heavy (non-hydrogen) atoms. The van der Waals surface area contributed by atoms with E-state index < -0.39 is 21.9 Å². The van der Waals surface area contributed by atoms with Crippen molar-refractivity contribution < 1.29 is 23.1 Å². The number of hydrogen-bond acceptors (Lipinski definition) is 4. The van der Waals surface area contributed by atoms with Gasteiger partial charge in [0.15, 0.2) is 0 Å². The fraction of sp³-hybridized carbons (Fsp3) is 0.462. The average Bonchev–Trinajstić information content (AvgIpc) is 2.89. The number of sulfonamides is 1. The highest BCUT2D eigenvalue weighted by atomic mass is 32.2. The van der Waals surface area contributed by atoms with E-state index in [4.69, 9.17) is 9.84 Å². The van der Waals surface area contributed by atoms with Crippen LogP contribution in [0.5, 0.6) is 5.75 Å². The van der Waals surface area contributed by atoms with Crippen LogP contribution in [0.2, 0.25) is 0 Å². The molecule has 1 atom stereocenters. The molecule has 1 saturated heterocycles. The first kappa shape index (κ1) is 14.8. The molecule has 0 unspecified atom stereocenters. The molecule has 2 rings (SSSR count). The number of aryl methyl sites for hydroxylation is 1. The molecule has 0 saturated carbocycles. The highest BCUT2D eigenvalue weighted by Crippen LogP contribution is 2.27. The summed E-state index contributed by atoms with van der Waals surface area (Å²) in [6.07, 6.45) is 0.351. The molecule has 0 radical (unpaired) electrons. The average molecular weight is 299 g/mol. The number of carboxylic acids is 1. The van der Waals surface area contributed by atoms with Crippen LogP contribution in [-0.2, 0) is 14.8 Å². The van der Waals surface area contributed by atoms with Gasteiger partial charge in [0.2, 0.25) is 10.0 Å². The van der Waals surface area contributed by atoms with Crippen molar-refractivity contribution in [1.29, 1.82) is 0 Å². The number of carboxylic acid groups (broad SMARTS) is 1. The minimum absolute atomic E-state index is 0.0305. The van der Waals surface area contributed by atoms with Crippen LogP contribution in [0.1, 0.15) is 12.0 Å². The third kappa shape index (κ3) is 2.64. The lowest BCUT2D eigenvalue weighted by Crippen LogP contribution is -2.30. The number of nitrogens with zero attached hydrogens (tertiary/aromatic N) is 1. The van der Waals surface area contributed by atoms with Gasteiger partial charge in [0.25, 0.3) is 0 Å². The van der Waals surface area contributed by atoms with Crippen molar-refractivity contribution in [2.75, 3.05) is 20.2 Å². The highest BCUT2D eigenvalue weighted by molar-refractivity contribution is 7.89. The van der Waals surface area contributed by atoms with Crippen LogP contribution in [0.15, 0.2) is 23.1 Å². The van der Waals surface area contributed by atoms with Crippen LogP contribution < -0.4 is 4.74 Å². The molecule has 0 amide bonds. The van der Waals surface area contributed by atoms with Gasteiger partial charge < -0.3 is 9.84 Å². The van der Waals surface area contributed by atoms with Gasteiger partial charge >= 0.3 is 5.97 Å². The van der Waals surface area contributed by atoms with Crippen LogP contribution in [0.3, 0.4) is 0 Å². The molecule has 1 aliphatic heterocycles. The Morgan fingerprint density at radius 3 is 2.65 bits per heavy atom. The number of hydrogen-bond donors (Lipinski definition) is 1. The molecular weight excluding hydrogens is 282 g/mol. The van der Waals surface area contributed by atoms with E-state index in [1.54, 1.807) is 19.1 Å². The lowest BCUT2D eigenvalue weighted by Gasteiger charge is -2.17. The van der Waals surface area contributed by atoms with Gasteiger partial charge in [0.05, 0.1) is 17.9 Å². The van der Waals surface area contributed by atoms with Crippen LogP contribution in [0.4, 0.5) is 0 Å². The summed E-state index contributed by atoms with van der Waals surface area (Å²) in [5.41, 5.74) is 0.725. The largest absolute Gasteiger partial charge is 0.496 e. The molecule has 1 N–H and O–H groups in total. The Kier molecular flexibility index (Phi) is 4.01. The second-order valence-corrected chi connectivity index (χ2v) is 6.76. The van der Waals surface area contributed by atoms with E-state index in [1.807, 2.05) is 0 Å². The van der Waals surface area contributed by atoms with E-state index in [0.717, 1.165) is 5.56 Å². The molecule has 0 spiro atoms. The zero-order valence-corrected chi connectivity index (χ0v) is 12.2. The third-order valence-electron chi connectivity index (χ3n) is 3.50. The van der Waals surface area contributed by atoms with E-state index in [0.29, 0.717) is 12.2 Å². The lowest BCUT2D eigenvalue weighted by atomic mass is 10.1. The zero-order valence-electron chi connectivity index (χ0n) is 11.4. The summed E-state index contributed by atoms with van der Waals surface area (Å²) in [6, 6.07) is 4.63. The van der Waals surface area contributed by atoms with E-state index in [1.165, 1.54) is 17.5 Å². The normalized spacial score (nSPS) is 20.0. The molecule has 6 nitrogen and oxygen atoms in total. The summed E-state index contributed by atoms with van der Waals surface area (Å²) >= 11 is 0. The lowest BCUT2D eigenvalue weighted by molar-refractivity contribution is -0.141. The van der Waals surface area contributed by atoms with E-state index in [-0.39, 0.29) is 18.0 Å². The van der Waals surface area contributed by atoms with Crippen molar-refractivity contribution in [3.8, 4) is 5.75 Å². The van der Waals surface area contributed by atoms with Gasteiger partial charge in [-0.1, -0.05) is 0 Å². The van der Waals surface area contributed by atoms with Gasteiger partial charge in [-0.15, -0.1) is 0 Å². The maximum absolute atomic E-state index is 12.4. The summed E-state index contributed by atoms with van der Waals surface area (Å²) in [6.45, 7) is 2.04. The molecule has 7 heteroatoms. The van der Waals surface area contributed by atoms with Gasteiger partial charge in [-0.25, -0.2) is 8.42 Å². The molecule has 110 valence electrons. The van der Waals surface area contributed by atoms with E-state index >= 15 is 0 Å². The summed E-state index contributed by atoms with van der Waals surface area (Å²) < 4.78 is 31.2. The summed E-state index contributed by atoms with van der Waals surface area (Å²) in [5, 5.41) is 8.94. The van der Waals surface area contributed by atoms with Crippen LogP contribution >= 0.6 is 0 Å². The maximum atomic E-state index is 12.4. The molecule has 0 aromatic heterocycles. The first-order chi connectivity index (χ1) is 9.36. The Bertz CT molecular complexity index is 626. The highest BCUT2D eigenvalue weighted by Gasteiger charge is 2.35. The number of ether oxygens (including phenoxy) is 1. The summed E-state index contributed by atoms with van der Waals surface area (Å²) in [7, 11) is -2.12. The Hall–Kier alpha value is -1.60. The molecule has 1 aromatic carbocycles. The predicted molar refractivity (Wildman–Crippen MR) is 72.2 cm³/mol. The minimum Gasteiger partial charge on any atom is -0.496 e. The van der Waals surface area contributed by atoms with Gasteiger partial charge in [-0.2, -0.15) is 4.31 Å². The topological polar surface area (TPSA) is 83.9 Å². The van der Waals surface area contributed by atoms with Gasteiger partial charge in [0, 0.05) is 13.1 Å². The first-order valence-corrected chi connectivity index (χ1v) is 7.68. The molecule has 1 heterocycles. The van der Waals surface area contributed by atoms with Crippen molar-refractivity contribution in [3.63, 3.8) is 0 Å². The predicted octanol–water partition coefficient (Wildman–Crippen LogP) is 1.10. The van der Waals surface area contributed by atoms with Crippen LogP contribution in [0, 0.1) is 12.8 Å².